The Morgan fingerprint density at radius 2 is 1.93 bits per heavy atom. The van der Waals surface area contributed by atoms with Crippen LogP contribution in [0.1, 0.15) is 43.4 Å². The Kier molecular flexibility index (Phi) is 4.49. The molecule has 29 heavy (non-hydrogen) atoms. The Labute approximate surface area is 169 Å². The van der Waals surface area contributed by atoms with Crippen molar-refractivity contribution in [1.82, 2.24) is 15.5 Å². The van der Waals surface area contributed by atoms with Crippen molar-refractivity contribution in [2.45, 2.75) is 50.6 Å². The number of imide groups is 1. The summed E-state index contributed by atoms with van der Waals surface area (Å²) in [6.07, 6.45) is 3.37. The highest BCUT2D eigenvalue weighted by molar-refractivity contribution is 7.91. The predicted octanol–water partition coefficient (Wildman–Crippen LogP) is 0.636. The third kappa shape index (κ3) is 3.52. The summed E-state index contributed by atoms with van der Waals surface area (Å²) in [6, 6.07) is 5.20. The summed E-state index contributed by atoms with van der Waals surface area (Å²) in [5.74, 6) is -1.16. The van der Waals surface area contributed by atoms with Crippen LogP contribution in [0.15, 0.2) is 18.2 Å². The minimum absolute atomic E-state index is 0.0172. The van der Waals surface area contributed by atoms with Crippen LogP contribution in [-0.4, -0.2) is 54.8 Å². The SMILES string of the molecule is C[C@@]1(NC(=O)CN2C(=O)N[C@@](C)(c3ccc4c(c3)CCC4)C2=O)CCS(=O)(=O)C1. The van der Waals surface area contributed by atoms with Crippen molar-refractivity contribution < 1.29 is 22.8 Å². The first-order valence-electron chi connectivity index (χ1n) is 9.79. The first-order chi connectivity index (χ1) is 13.5. The second-order valence-corrected chi connectivity index (χ2v) is 10.9. The van der Waals surface area contributed by atoms with Crippen LogP contribution in [-0.2, 0) is 37.8 Å². The number of nitrogens with zero attached hydrogens (tertiary/aromatic N) is 1. The van der Waals surface area contributed by atoms with Crippen LogP contribution in [0, 0.1) is 0 Å². The second kappa shape index (κ2) is 6.55. The van der Waals surface area contributed by atoms with E-state index in [9.17, 15) is 22.8 Å². The first kappa shape index (κ1) is 19.9. The Hall–Kier alpha value is -2.42. The van der Waals surface area contributed by atoms with Gasteiger partial charge in [0, 0.05) is 0 Å². The van der Waals surface area contributed by atoms with Crippen molar-refractivity contribution in [1.29, 1.82) is 0 Å². The van der Waals surface area contributed by atoms with Gasteiger partial charge in [-0.05, 0) is 56.2 Å². The van der Waals surface area contributed by atoms with Crippen molar-refractivity contribution in [2.75, 3.05) is 18.1 Å². The van der Waals surface area contributed by atoms with Gasteiger partial charge < -0.3 is 10.6 Å². The molecule has 0 saturated carbocycles. The van der Waals surface area contributed by atoms with E-state index in [1.165, 1.54) is 11.1 Å². The Morgan fingerprint density at radius 1 is 1.21 bits per heavy atom. The molecule has 1 aromatic rings. The summed E-state index contributed by atoms with van der Waals surface area (Å²) in [6.45, 7) is 2.86. The molecule has 1 aromatic carbocycles. The van der Waals surface area contributed by atoms with E-state index in [-0.39, 0.29) is 11.5 Å². The van der Waals surface area contributed by atoms with Crippen molar-refractivity contribution in [3.8, 4) is 0 Å². The number of aryl methyl sites for hydroxylation is 2. The molecule has 8 nitrogen and oxygen atoms in total. The molecule has 0 aromatic heterocycles. The van der Waals surface area contributed by atoms with Crippen molar-refractivity contribution >= 4 is 27.7 Å². The average Bonchev–Trinajstić information content (AvgIpc) is 3.26. The highest BCUT2D eigenvalue weighted by Crippen LogP contribution is 2.32. The summed E-state index contributed by atoms with van der Waals surface area (Å²) >= 11 is 0. The summed E-state index contributed by atoms with van der Waals surface area (Å²) in [5, 5.41) is 5.41. The van der Waals surface area contributed by atoms with E-state index in [1.807, 2.05) is 18.2 Å². The van der Waals surface area contributed by atoms with Gasteiger partial charge in [0.2, 0.25) is 5.91 Å². The molecule has 2 fully saturated rings. The Bertz CT molecular complexity index is 1020. The monoisotopic (exact) mass is 419 g/mol. The Morgan fingerprint density at radius 3 is 2.62 bits per heavy atom. The van der Waals surface area contributed by atoms with E-state index < -0.39 is 45.3 Å². The normalized spacial score (nSPS) is 30.3. The molecule has 0 radical (unpaired) electrons. The van der Waals surface area contributed by atoms with Gasteiger partial charge in [0.25, 0.3) is 5.91 Å². The third-order valence-corrected chi connectivity index (χ3v) is 8.10. The van der Waals surface area contributed by atoms with Crippen molar-refractivity contribution in [2.24, 2.45) is 0 Å². The number of hydrogen-bond acceptors (Lipinski definition) is 5. The van der Waals surface area contributed by atoms with Crippen LogP contribution in [0.2, 0.25) is 0 Å². The topological polar surface area (TPSA) is 113 Å². The summed E-state index contributed by atoms with van der Waals surface area (Å²) in [4.78, 5) is 38.9. The van der Waals surface area contributed by atoms with E-state index in [2.05, 4.69) is 10.6 Å². The number of rotatable bonds is 4. The zero-order valence-corrected chi connectivity index (χ0v) is 17.4. The molecule has 2 saturated heterocycles. The average molecular weight is 420 g/mol. The molecule has 2 heterocycles. The molecule has 2 N–H and O–H groups in total. The number of benzene rings is 1. The Balaban J connectivity index is 1.49. The number of hydrogen-bond donors (Lipinski definition) is 2. The maximum Gasteiger partial charge on any atom is 0.325 e. The van der Waals surface area contributed by atoms with Gasteiger partial charge in [-0.15, -0.1) is 0 Å². The van der Waals surface area contributed by atoms with Crippen LogP contribution in [0.5, 0.6) is 0 Å². The number of nitrogens with one attached hydrogen (secondary N) is 2. The summed E-state index contributed by atoms with van der Waals surface area (Å²) < 4.78 is 23.4. The molecule has 156 valence electrons. The predicted molar refractivity (Wildman–Crippen MR) is 106 cm³/mol. The number of carbonyl (C=O) groups is 3. The molecule has 2 atom stereocenters. The van der Waals surface area contributed by atoms with Crippen molar-refractivity contribution in [3.05, 3.63) is 34.9 Å². The molecule has 0 spiro atoms. The lowest BCUT2D eigenvalue weighted by Crippen LogP contribution is -2.51. The van der Waals surface area contributed by atoms with E-state index >= 15 is 0 Å². The minimum Gasteiger partial charge on any atom is -0.348 e. The molecular formula is C20H25N3O5S. The lowest BCUT2D eigenvalue weighted by Gasteiger charge is -2.26. The fourth-order valence-corrected chi connectivity index (χ4v) is 6.64. The minimum atomic E-state index is -3.18. The molecular weight excluding hydrogens is 394 g/mol. The van der Waals surface area contributed by atoms with E-state index in [0.717, 1.165) is 24.2 Å². The maximum absolute atomic E-state index is 13.1. The van der Waals surface area contributed by atoms with E-state index in [4.69, 9.17) is 0 Å². The van der Waals surface area contributed by atoms with Gasteiger partial charge in [0.15, 0.2) is 9.84 Å². The second-order valence-electron chi connectivity index (χ2n) is 8.73. The molecule has 3 aliphatic rings. The van der Waals surface area contributed by atoms with E-state index in [0.29, 0.717) is 12.0 Å². The smallest absolute Gasteiger partial charge is 0.325 e. The van der Waals surface area contributed by atoms with Crippen LogP contribution >= 0.6 is 0 Å². The van der Waals surface area contributed by atoms with Gasteiger partial charge in [-0.25, -0.2) is 13.2 Å². The number of amides is 4. The zero-order chi connectivity index (χ0) is 21.0. The molecule has 4 amide bonds. The quantitative estimate of drug-likeness (QED) is 0.696. The number of fused-ring (bicyclic) bond motifs is 1. The highest BCUT2D eigenvalue weighted by Gasteiger charge is 2.50. The van der Waals surface area contributed by atoms with Gasteiger partial charge in [-0.1, -0.05) is 18.2 Å². The van der Waals surface area contributed by atoms with Gasteiger partial charge >= 0.3 is 6.03 Å². The number of sulfone groups is 1. The number of carbonyl (C=O) groups excluding carboxylic acids is 3. The van der Waals surface area contributed by atoms with E-state index in [1.54, 1.807) is 13.8 Å². The van der Waals surface area contributed by atoms with Crippen LogP contribution in [0.4, 0.5) is 4.79 Å². The third-order valence-electron chi connectivity index (χ3n) is 6.20. The van der Waals surface area contributed by atoms with Crippen LogP contribution < -0.4 is 10.6 Å². The molecule has 0 unspecified atom stereocenters. The van der Waals surface area contributed by atoms with Gasteiger partial charge in [-0.2, -0.15) is 0 Å². The van der Waals surface area contributed by atoms with Gasteiger partial charge in [0.05, 0.1) is 17.0 Å². The van der Waals surface area contributed by atoms with Gasteiger partial charge in [-0.3, -0.25) is 14.5 Å². The lowest BCUT2D eigenvalue weighted by atomic mass is 9.89. The first-order valence-corrected chi connectivity index (χ1v) is 11.6. The lowest BCUT2D eigenvalue weighted by molar-refractivity contribution is -0.135. The van der Waals surface area contributed by atoms with Crippen LogP contribution in [0.3, 0.4) is 0 Å². The maximum atomic E-state index is 13.1. The number of urea groups is 1. The zero-order valence-electron chi connectivity index (χ0n) is 16.6. The molecule has 2 aliphatic heterocycles. The highest BCUT2D eigenvalue weighted by atomic mass is 32.2. The molecule has 4 rings (SSSR count). The molecule has 1 aliphatic carbocycles. The van der Waals surface area contributed by atoms with Gasteiger partial charge in [0.1, 0.15) is 12.1 Å². The summed E-state index contributed by atoms with van der Waals surface area (Å²) in [7, 11) is -3.18. The molecule has 9 heteroatoms. The molecule has 0 bridgehead atoms. The largest absolute Gasteiger partial charge is 0.348 e. The van der Waals surface area contributed by atoms with Crippen LogP contribution in [0.25, 0.3) is 0 Å². The fraction of sp³-hybridized carbons (Fsp3) is 0.550. The van der Waals surface area contributed by atoms with Crippen molar-refractivity contribution in [3.63, 3.8) is 0 Å². The summed E-state index contributed by atoms with van der Waals surface area (Å²) in [5.41, 5.74) is 1.06. The fourth-order valence-electron chi connectivity index (χ4n) is 4.55. The standard InChI is InChI=1S/C20H25N3O5S/c1-19(8-9-29(27,28)12-19)21-16(24)11-23-17(25)20(2,22-18(23)26)15-7-6-13-4-3-5-14(13)10-15/h6-7,10H,3-5,8-9,11-12H2,1-2H3,(H,21,24)(H,22,26)/t19-,20+/m1/s1.